The van der Waals surface area contributed by atoms with Gasteiger partial charge in [-0.1, -0.05) is 30.8 Å². The summed E-state index contributed by atoms with van der Waals surface area (Å²) in [6.45, 7) is 7.26. The summed E-state index contributed by atoms with van der Waals surface area (Å²) < 4.78 is 4.36. The Morgan fingerprint density at radius 1 is 1.08 bits per heavy atom. The van der Waals surface area contributed by atoms with E-state index in [9.17, 15) is 0 Å². The Morgan fingerprint density at radius 3 is 2.76 bits per heavy atom. The molecule has 0 atom stereocenters. The summed E-state index contributed by atoms with van der Waals surface area (Å²) in [5.41, 5.74) is 5.45. The van der Waals surface area contributed by atoms with Crippen LogP contribution in [0.4, 0.5) is 0 Å². The highest BCUT2D eigenvalue weighted by molar-refractivity contribution is 7.98. The van der Waals surface area contributed by atoms with Crippen molar-refractivity contribution < 1.29 is 0 Å². The number of imidazole rings is 2. The molecule has 0 aliphatic carbocycles. The summed E-state index contributed by atoms with van der Waals surface area (Å²) in [5.74, 6) is 1.56. The van der Waals surface area contributed by atoms with E-state index in [4.69, 9.17) is 4.98 Å². The fraction of sp³-hybridized carbons (Fsp3) is 0.316. The van der Waals surface area contributed by atoms with Crippen LogP contribution in [-0.4, -0.2) is 23.9 Å². The number of rotatable bonds is 5. The number of aromatic nitrogens is 5. The van der Waals surface area contributed by atoms with Crippen molar-refractivity contribution in [2.45, 2.75) is 44.6 Å². The van der Waals surface area contributed by atoms with Crippen LogP contribution in [0.2, 0.25) is 0 Å². The molecule has 0 aliphatic rings. The molecule has 3 heterocycles. The average molecular weight is 351 g/mol. The molecule has 0 fully saturated rings. The topological polar surface area (TPSA) is 48.0 Å². The molecule has 6 heteroatoms. The number of benzene rings is 1. The van der Waals surface area contributed by atoms with Gasteiger partial charge in [0.1, 0.15) is 0 Å². The molecule has 4 rings (SSSR count). The molecule has 0 unspecified atom stereocenters. The first-order valence-corrected chi connectivity index (χ1v) is 9.54. The lowest BCUT2D eigenvalue weighted by molar-refractivity contribution is 0.638. The molecule has 0 amide bonds. The van der Waals surface area contributed by atoms with Crippen LogP contribution >= 0.6 is 11.8 Å². The van der Waals surface area contributed by atoms with Crippen LogP contribution in [0.25, 0.3) is 16.8 Å². The zero-order valence-corrected chi connectivity index (χ0v) is 15.5. The summed E-state index contributed by atoms with van der Waals surface area (Å²) in [6, 6.07) is 10.4. The van der Waals surface area contributed by atoms with E-state index in [1.54, 1.807) is 11.8 Å². The van der Waals surface area contributed by atoms with Gasteiger partial charge >= 0.3 is 0 Å². The van der Waals surface area contributed by atoms with Gasteiger partial charge in [-0.15, -0.1) is 0 Å². The van der Waals surface area contributed by atoms with Crippen molar-refractivity contribution in [3.05, 3.63) is 53.6 Å². The Kier molecular flexibility index (Phi) is 4.21. The predicted octanol–water partition coefficient (Wildman–Crippen LogP) is 4.40. The summed E-state index contributed by atoms with van der Waals surface area (Å²) in [5, 5.41) is 1.06. The highest BCUT2D eigenvalue weighted by atomic mass is 32.2. The van der Waals surface area contributed by atoms with Gasteiger partial charge in [-0.05, 0) is 38.5 Å². The number of hydrogen-bond acceptors (Lipinski definition) is 4. The van der Waals surface area contributed by atoms with Crippen molar-refractivity contribution in [1.29, 1.82) is 0 Å². The third-order valence-electron chi connectivity index (χ3n) is 4.23. The fourth-order valence-corrected chi connectivity index (χ4v) is 4.05. The fourth-order valence-electron chi connectivity index (χ4n) is 3.13. The van der Waals surface area contributed by atoms with Gasteiger partial charge < -0.3 is 4.57 Å². The van der Waals surface area contributed by atoms with Crippen LogP contribution < -0.4 is 0 Å². The minimum absolute atomic E-state index is 0.773. The van der Waals surface area contributed by atoms with E-state index in [-0.39, 0.29) is 0 Å². The number of para-hydroxylation sites is 2. The minimum atomic E-state index is 0.773. The van der Waals surface area contributed by atoms with Crippen LogP contribution in [-0.2, 0) is 12.3 Å². The summed E-state index contributed by atoms with van der Waals surface area (Å²) >= 11 is 1.74. The zero-order chi connectivity index (χ0) is 17.4. The van der Waals surface area contributed by atoms with Gasteiger partial charge in [-0.2, -0.15) is 0 Å². The number of fused-ring (bicyclic) bond motifs is 2. The largest absolute Gasteiger partial charge is 0.319 e. The molecule has 5 nitrogen and oxygen atoms in total. The molecular formula is C19H21N5S. The molecule has 0 spiro atoms. The summed E-state index contributed by atoms with van der Waals surface area (Å²) in [4.78, 5) is 14.0. The van der Waals surface area contributed by atoms with E-state index >= 15 is 0 Å². The predicted molar refractivity (Wildman–Crippen MR) is 102 cm³/mol. The second-order valence-corrected chi connectivity index (χ2v) is 7.21. The van der Waals surface area contributed by atoms with E-state index in [2.05, 4.69) is 63.2 Å². The van der Waals surface area contributed by atoms with E-state index in [1.165, 1.54) is 5.52 Å². The molecule has 128 valence electrons. The number of nitrogens with zero attached hydrogens (tertiary/aromatic N) is 5. The monoisotopic (exact) mass is 351 g/mol. The molecule has 4 aromatic rings. The van der Waals surface area contributed by atoms with Crippen molar-refractivity contribution in [2.24, 2.45) is 0 Å². The average Bonchev–Trinajstić information content (AvgIpc) is 3.15. The molecule has 3 aromatic heterocycles. The standard InChI is InChI=1S/C19H21N5S/c1-4-9-23-17-8-6-5-7-16(17)22-19(23)25-12-15-11-24-14(3)10-13(2)20-18(24)21-15/h5-8,10-11H,4,9,12H2,1-3H3. The lowest BCUT2D eigenvalue weighted by atomic mass is 10.3. The SMILES string of the molecule is CCCn1c(SCc2cn3c(C)cc(C)nc3n2)nc2ccccc21. The number of aryl methyl sites for hydroxylation is 3. The van der Waals surface area contributed by atoms with Crippen LogP contribution in [0.3, 0.4) is 0 Å². The molecule has 0 aliphatic heterocycles. The molecule has 25 heavy (non-hydrogen) atoms. The Morgan fingerprint density at radius 2 is 1.92 bits per heavy atom. The van der Waals surface area contributed by atoms with Gasteiger partial charge in [0.15, 0.2) is 5.16 Å². The van der Waals surface area contributed by atoms with Gasteiger partial charge in [0.2, 0.25) is 5.78 Å². The highest BCUT2D eigenvalue weighted by Crippen LogP contribution is 2.27. The van der Waals surface area contributed by atoms with Crippen LogP contribution in [0, 0.1) is 13.8 Å². The Balaban J connectivity index is 1.64. The van der Waals surface area contributed by atoms with Crippen molar-refractivity contribution in [3.8, 4) is 0 Å². The molecule has 0 bridgehead atoms. The van der Waals surface area contributed by atoms with E-state index in [0.29, 0.717) is 0 Å². The van der Waals surface area contributed by atoms with Gasteiger partial charge in [-0.3, -0.25) is 4.40 Å². The Bertz CT molecular complexity index is 1050. The third-order valence-corrected chi connectivity index (χ3v) is 5.24. The van der Waals surface area contributed by atoms with Gasteiger partial charge in [-0.25, -0.2) is 15.0 Å². The number of thioether (sulfide) groups is 1. The summed E-state index contributed by atoms with van der Waals surface area (Å²) in [6.07, 6.45) is 3.17. The Hall–Kier alpha value is -2.34. The highest BCUT2D eigenvalue weighted by Gasteiger charge is 2.12. The maximum Gasteiger partial charge on any atom is 0.234 e. The van der Waals surface area contributed by atoms with E-state index < -0.39 is 0 Å². The Labute approximate surface area is 151 Å². The normalized spacial score (nSPS) is 11.6. The molecule has 0 radical (unpaired) electrons. The minimum Gasteiger partial charge on any atom is -0.319 e. The number of hydrogen-bond donors (Lipinski definition) is 0. The lowest BCUT2D eigenvalue weighted by Crippen LogP contribution is -1.98. The molecular weight excluding hydrogens is 330 g/mol. The maximum atomic E-state index is 4.81. The van der Waals surface area contributed by atoms with Crippen molar-refractivity contribution >= 4 is 28.6 Å². The second kappa shape index (κ2) is 6.52. The van der Waals surface area contributed by atoms with Gasteiger partial charge in [0.25, 0.3) is 0 Å². The smallest absolute Gasteiger partial charge is 0.234 e. The lowest BCUT2D eigenvalue weighted by Gasteiger charge is -2.06. The first-order chi connectivity index (χ1) is 12.2. The first kappa shape index (κ1) is 16.1. The van der Waals surface area contributed by atoms with E-state index in [1.807, 2.05) is 13.0 Å². The first-order valence-electron chi connectivity index (χ1n) is 8.56. The van der Waals surface area contributed by atoms with Crippen LogP contribution in [0.1, 0.15) is 30.4 Å². The summed E-state index contributed by atoms with van der Waals surface area (Å²) in [7, 11) is 0. The van der Waals surface area contributed by atoms with Crippen molar-refractivity contribution in [1.82, 2.24) is 23.9 Å². The molecule has 1 aromatic carbocycles. The quantitative estimate of drug-likeness (QED) is 0.500. The van der Waals surface area contributed by atoms with Gasteiger partial charge in [0.05, 0.1) is 16.7 Å². The van der Waals surface area contributed by atoms with Crippen LogP contribution in [0.5, 0.6) is 0 Å². The molecule has 0 saturated heterocycles. The maximum absolute atomic E-state index is 4.81. The second-order valence-electron chi connectivity index (χ2n) is 6.26. The van der Waals surface area contributed by atoms with Gasteiger partial charge in [0, 0.05) is 29.9 Å². The third kappa shape index (κ3) is 3.02. The van der Waals surface area contributed by atoms with Crippen LogP contribution in [0.15, 0.2) is 41.7 Å². The van der Waals surface area contributed by atoms with E-state index in [0.717, 1.165) is 52.3 Å². The zero-order valence-electron chi connectivity index (χ0n) is 14.7. The molecule has 0 saturated carbocycles. The molecule has 0 N–H and O–H groups in total. The van der Waals surface area contributed by atoms with Crippen molar-refractivity contribution in [2.75, 3.05) is 0 Å². The van der Waals surface area contributed by atoms with Crippen molar-refractivity contribution in [3.63, 3.8) is 0 Å².